The molecule has 6 heteroatoms. The maximum atomic E-state index is 12.7. The molecule has 2 aromatic rings. The van der Waals surface area contributed by atoms with Gasteiger partial charge in [-0.3, -0.25) is 9.59 Å². The molecule has 2 N–H and O–H groups in total. The maximum Gasteiger partial charge on any atom is 0.253 e. The van der Waals surface area contributed by atoms with Gasteiger partial charge in [-0.25, -0.2) is 0 Å². The number of rotatable bonds is 12. The number of carbonyl (C=O) groups is 2. The standard InChI is InChI=1S/C25H33N3O3/c1-5-15-28(16-6-2)25(30)20-11-13-21(14-12-20)27-24(29)17-26-22-9-7-8-10-23(22)31-18-19(3)4/h7-14,26H,3,5-6,15-18H2,1-2,4H3,(H,27,29). The van der Waals surface area contributed by atoms with Gasteiger partial charge >= 0.3 is 0 Å². The normalized spacial score (nSPS) is 10.3. The molecule has 0 saturated carbocycles. The van der Waals surface area contributed by atoms with Crippen molar-refractivity contribution < 1.29 is 14.3 Å². The van der Waals surface area contributed by atoms with Gasteiger partial charge in [-0.2, -0.15) is 0 Å². The van der Waals surface area contributed by atoms with Gasteiger partial charge in [0.05, 0.1) is 12.2 Å². The maximum absolute atomic E-state index is 12.7. The Morgan fingerprint density at radius 2 is 1.65 bits per heavy atom. The highest BCUT2D eigenvalue weighted by Gasteiger charge is 2.14. The first-order valence-corrected chi connectivity index (χ1v) is 10.7. The zero-order valence-electron chi connectivity index (χ0n) is 18.7. The quantitative estimate of drug-likeness (QED) is 0.474. The second-order valence-corrected chi connectivity index (χ2v) is 7.51. The van der Waals surface area contributed by atoms with E-state index in [1.165, 1.54) is 0 Å². The third-order valence-corrected chi connectivity index (χ3v) is 4.49. The third-order valence-electron chi connectivity index (χ3n) is 4.49. The minimum Gasteiger partial charge on any atom is -0.487 e. The van der Waals surface area contributed by atoms with E-state index in [-0.39, 0.29) is 18.4 Å². The van der Waals surface area contributed by atoms with Gasteiger partial charge in [0.2, 0.25) is 5.91 Å². The number of nitrogens with zero attached hydrogens (tertiary/aromatic N) is 1. The summed E-state index contributed by atoms with van der Waals surface area (Å²) in [5.41, 5.74) is 2.93. The molecule has 0 bridgehead atoms. The first-order valence-electron chi connectivity index (χ1n) is 10.7. The number of benzene rings is 2. The number of nitrogens with one attached hydrogen (secondary N) is 2. The summed E-state index contributed by atoms with van der Waals surface area (Å²) in [6, 6.07) is 14.5. The molecule has 6 nitrogen and oxygen atoms in total. The van der Waals surface area contributed by atoms with E-state index in [2.05, 4.69) is 31.1 Å². The highest BCUT2D eigenvalue weighted by Crippen LogP contribution is 2.24. The van der Waals surface area contributed by atoms with Gasteiger partial charge in [-0.15, -0.1) is 0 Å². The van der Waals surface area contributed by atoms with Crippen molar-refractivity contribution >= 4 is 23.2 Å². The summed E-state index contributed by atoms with van der Waals surface area (Å²) in [5, 5.41) is 5.95. The summed E-state index contributed by atoms with van der Waals surface area (Å²) < 4.78 is 5.71. The molecule has 0 aromatic heterocycles. The average Bonchev–Trinajstić information content (AvgIpc) is 2.76. The van der Waals surface area contributed by atoms with Crippen molar-refractivity contribution in [2.45, 2.75) is 33.6 Å². The lowest BCUT2D eigenvalue weighted by atomic mass is 10.1. The van der Waals surface area contributed by atoms with Crippen LogP contribution in [0.5, 0.6) is 5.75 Å². The second kappa shape index (κ2) is 12.4. The van der Waals surface area contributed by atoms with Gasteiger partial charge in [0.1, 0.15) is 12.4 Å². The van der Waals surface area contributed by atoms with Crippen molar-refractivity contribution in [2.75, 3.05) is 36.9 Å². The lowest BCUT2D eigenvalue weighted by molar-refractivity contribution is -0.114. The predicted octanol–water partition coefficient (Wildman–Crippen LogP) is 4.95. The Bertz CT molecular complexity index is 872. The van der Waals surface area contributed by atoms with E-state index in [9.17, 15) is 9.59 Å². The number of carbonyl (C=O) groups excluding carboxylic acids is 2. The molecule has 2 aromatic carbocycles. The Kier molecular flexibility index (Phi) is 9.62. The summed E-state index contributed by atoms with van der Waals surface area (Å²) >= 11 is 0. The molecule has 0 fully saturated rings. The van der Waals surface area contributed by atoms with E-state index in [4.69, 9.17) is 4.74 Å². The van der Waals surface area contributed by atoms with Crippen LogP contribution >= 0.6 is 0 Å². The molecule has 0 saturated heterocycles. The van der Waals surface area contributed by atoms with Crippen LogP contribution in [0.1, 0.15) is 44.0 Å². The van der Waals surface area contributed by atoms with Crippen LogP contribution in [0.15, 0.2) is 60.7 Å². The number of para-hydroxylation sites is 2. The fourth-order valence-corrected chi connectivity index (χ4v) is 3.05. The van der Waals surface area contributed by atoms with Gasteiger partial charge in [-0.05, 0) is 61.7 Å². The first-order chi connectivity index (χ1) is 14.9. The Labute approximate surface area is 185 Å². The van der Waals surface area contributed by atoms with Crippen LogP contribution in [0.3, 0.4) is 0 Å². The van der Waals surface area contributed by atoms with Crippen molar-refractivity contribution in [1.29, 1.82) is 0 Å². The molecule has 0 aliphatic rings. The Morgan fingerprint density at radius 1 is 1.00 bits per heavy atom. The van der Waals surface area contributed by atoms with Gasteiger partial charge in [0.15, 0.2) is 0 Å². The predicted molar refractivity (Wildman–Crippen MR) is 127 cm³/mol. The van der Waals surface area contributed by atoms with Crippen LogP contribution in [0, 0.1) is 0 Å². The second-order valence-electron chi connectivity index (χ2n) is 7.51. The number of anilines is 2. The Hall–Kier alpha value is -3.28. The van der Waals surface area contributed by atoms with Crippen molar-refractivity contribution in [1.82, 2.24) is 4.90 Å². The van der Waals surface area contributed by atoms with Crippen LogP contribution in [-0.4, -0.2) is 43.0 Å². The van der Waals surface area contributed by atoms with Crippen LogP contribution in [0.25, 0.3) is 0 Å². The molecule has 166 valence electrons. The summed E-state index contributed by atoms with van der Waals surface area (Å²) in [6.45, 7) is 11.9. The number of amides is 2. The van der Waals surface area contributed by atoms with Crippen LogP contribution in [0.4, 0.5) is 11.4 Å². The first kappa shape index (κ1) is 24.0. The van der Waals surface area contributed by atoms with Gasteiger partial charge in [0, 0.05) is 24.3 Å². The summed E-state index contributed by atoms with van der Waals surface area (Å²) in [4.78, 5) is 26.9. The molecule has 0 heterocycles. The van der Waals surface area contributed by atoms with Gasteiger partial charge in [-0.1, -0.05) is 32.6 Å². The minimum absolute atomic E-state index is 0.0228. The number of hydrogen-bond acceptors (Lipinski definition) is 4. The summed E-state index contributed by atoms with van der Waals surface area (Å²) in [5.74, 6) is 0.506. The SMILES string of the molecule is C=C(C)COc1ccccc1NCC(=O)Nc1ccc(C(=O)N(CCC)CCC)cc1. The fraction of sp³-hybridized carbons (Fsp3) is 0.360. The van der Waals surface area contributed by atoms with Crippen molar-refractivity contribution in [3.05, 3.63) is 66.2 Å². The molecule has 0 spiro atoms. The molecule has 0 atom stereocenters. The largest absolute Gasteiger partial charge is 0.487 e. The summed E-state index contributed by atoms with van der Waals surface area (Å²) in [6.07, 6.45) is 1.85. The lowest BCUT2D eigenvalue weighted by Crippen LogP contribution is -2.32. The molecular formula is C25H33N3O3. The number of ether oxygens (including phenoxy) is 1. The Balaban J connectivity index is 1.92. The van der Waals surface area contributed by atoms with Crippen molar-refractivity contribution in [3.63, 3.8) is 0 Å². The highest BCUT2D eigenvalue weighted by molar-refractivity contribution is 5.96. The number of hydrogen-bond donors (Lipinski definition) is 2. The topological polar surface area (TPSA) is 70.7 Å². The molecular weight excluding hydrogens is 390 g/mol. The van der Waals surface area contributed by atoms with Gasteiger partial charge < -0.3 is 20.3 Å². The molecule has 0 unspecified atom stereocenters. The molecule has 0 aliphatic heterocycles. The Morgan fingerprint density at radius 3 is 2.26 bits per heavy atom. The van der Waals surface area contributed by atoms with E-state index in [1.54, 1.807) is 24.3 Å². The monoisotopic (exact) mass is 423 g/mol. The lowest BCUT2D eigenvalue weighted by Gasteiger charge is -2.21. The van der Waals surface area contributed by atoms with E-state index >= 15 is 0 Å². The minimum atomic E-state index is -0.188. The van der Waals surface area contributed by atoms with Gasteiger partial charge in [0.25, 0.3) is 5.91 Å². The molecule has 2 amide bonds. The van der Waals surface area contributed by atoms with E-state index in [0.29, 0.717) is 23.6 Å². The highest BCUT2D eigenvalue weighted by atomic mass is 16.5. The van der Waals surface area contributed by atoms with E-state index < -0.39 is 0 Å². The van der Waals surface area contributed by atoms with Crippen molar-refractivity contribution in [2.24, 2.45) is 0 Å². The zero-order valence-corrected chi connectivity index (χ0v) is 18.7. The van der Waals surface area contributed by atoms with Crippen molar-refractivity contribution in [3.8, 4) is 5.75 Å². The third kappa shape index (κ3) is 7.81. The van der Waals surface area contributed by atoms with Crippen LogP contribution in [0.2, 0.25) is 0 Å². The van der Waals surface area contributed by atoms with E-state index in [1.807, 2.05) is 36.1 Å². The average molecular weight is 424 g/mol. The van der Waals surface area contributed by atoms with E-state index in [0.717, 1.165) is 37.2 Å². The summed E-state index contributed by atoms with van der Waals surface area (Å²) in [7, 11) is 0. The smallest absolute Gasteiger partial charge is 0.253 e. The van der Waals surface area contributed by atoms with Crippen LogP contribution in [-0.2, 0) is 4.79 Å². The molecule has 31 heavy (non-hydrogen) atoms. The zero-order chi connectivity index (χ0) is 22.6. The molecule has 2 rings (SSSR count). The van der Waals surface area contributed by atoms with Crippen LogP contribution < -0.4 is 15.4 Å². The fourth-order valence-electron chi connectivity index (χ4n) is 3.05. The molecule has 0 aliphatic carbocycles. The molecule has 0 radical (unpaired) electrons.